The van der Waals surface area contributed by atoms with Gasteiger partial charge in [-0.05, 0) is 44.4 Å². The molecule has 4 nitrogen and oxygen atoms in total. The second kappa shape index (κ2) is 8.17. The highest BCUT2D eigenvalue weighted by atomic mass is 16.1. The van der Waals surface area contributed by atoms with Gasteiger partial charge in [-0.15, -0.1) is 0 Å². The fourth-order valence-corrected chi connectivity index (χ4v) is 2.19. The number of carbonyl (C=O) groups excluding carboxylic acids is 1. The summed E-state index contributed by atoms with van der Waals surface area (Å²) in [6.45, 7) is 4.75. The van der Waals surface area contributed by atoms with Gasteiger partial charge in [0.25, 0.3) is 5.91 Å². The minimum absolute atomic E-state index is 0.0535. The largest absolute Gasteiger partial charge is 0.368 e. The van der Waals surface area contributed by atoms with Crippen LogP contribution in [0.2, 0.25) is 0 Å². The number of aryl methyl sites for hydroxylation is 1. The monoisotopic (exact) mass is 297 g/mol. The van der Waals surface area contributed by atoms with Crippen LogP contribution >= 0.6 is 0 Å². The molecule has 0 radical (unpaired) electrons. The lowest BCUT2D eigenvalue weighted by Gasteiger charge is -2.10. The Morgan fingerprint density at radius 2 is 1.95 bits per heavy atom. The fourth-order valence-electron chi connectivity index (χ4n) is 2.19. The van der Waals surface area contributed by atoms with E-state index in [1.54, 1.807) is 18.3 Å². The summed E-state index contributed by atoms with van der Waals surface area (Å²) in [7, 11) is 0. The van der Waals surface area contributed by atoms with Crippen LogP contribution in [0.15, 0.2) is 48.7 Å². The van der Waals surface area contributed by atoms with Gasteiger partial charge in [0.1, 0.15) is 5.82 Å². The number of benzene rings is 1. The number of hydrogen-bond acceptors (Lipinski definition) is 3. The summed E-state index contributed by atoms with van der Waals surface area (Å²) in [4.78, 5) is 16.3. The van der Waals surface area contributed by atoms with Crippen molar-refractivity contribution in [3.05, 3.63) is 59.8 Å². The topological polar surface area (TPSA) is 54.0 Å². The van der Waals surface area contributed by atoms with Gasteiger partial charge in [0.2, 0.25) is 0 Å². The Hall–Kier alpha value is -2.36. The third-order valence-corrected chi connectivity index (χ3v) is 3.23. The molecule has 0 aliphatic rings. The van der Waals surface area contributed by atoms with Gasteiger partial charge in [0, 0.05) is 24.3 Å². The first-order chi connectivity index (χ1) is 10.6. The van der Waals surface area contributed by atoms with Gasteiger partial charge >= 0.3 is 0 Å². The minimum Gasteiger partial charge on any atom is -0.368 e. The average molecular weight is 297 g/mol. The van der Waals surface area contributed by atoms with Crippen molar-refractivity contribution >= 4 is 11.7 Å². The van der Waals surface area contributed by atoms with E-state index in [9.17, 15) is 4.79 Å². The van der Waals surface area contributed by atoms with Crippen molar-refractivity contribution in [2.45, 2.75) is 32.7 Å². The zero-order valence-corrected chi connectivity index (χ0v) is 13.2. The first-order valence-corrected chi connectivity index (χ1v) is 7.70. The average Bonchev–Trinajstić information content (AvgIpc) is 2.52. The van der Waals surface area contributed by atoms with Crippen LogP contribution in [0.25, 0.3) is 0 Å². The molecule has 0 saturated carbocycles. The van der Waals surface area contributed by atoms with Crippen LogP contribution in [-0.4, -0.2) is 23.5 Å². The minimum atomic E-state index is -0.0535. The summed E-state index contributed by atoms with van der Waals surface area (Å²) in [5.41, 5.74) is 1.93. The third-order valence-electron chi connectivity index (χ3n) is 3.23. The van der Waals surface area contributed by atoms with E-state index in [1.807, 2.05) is 32.0 Å². The highest BCUT2D eigenvalue weighted by molar-refractivity contribution is 5.94. The molecule has 2 N–H and O–H groups in total. The van der Waals surface area contributed by atoms with E-state index in [-0.39, 0.29) is 11.9 Å². The molecule has 0 atom stereocenters. The molecular weight excluding hydrogens is 274 g/mol. The molecule has 0 spiro atoms. The molecule has 0 aliphatic carbocycles. The predicted molar refractivity (Wildman–Crippen MR) is 90.1 cm³/mol. The molecule has 1 aromatic heterocycles. The highest BCUT2D eigenvalue weighted by Crippen LogP contribution is 2.08. The smallest absolute Gasteiger partial charge is 0.251 e. The molecule has 0 saturated heterocycles. The molecule has 0 fully saturated rings. The van der Waals surface area contributed by atoms with Gasteiger partial charge < -0.3 is 10.6 Å². The summed E-state index contributed by atoms with van der Waals surface area (Å²) in [5.74, 6) is 0.675. The zero-order valence-electron chi connectivity index (χ0n) is 13.2. The number of rotatable bonds is 7. The Morgan fingerprint density at radius 3 is 2.68 bits per heavy atom. The number of nitrogens with zero attached hydrogens (tertiary/aromatic N) is 1. The lowest BCUT2D eigenvalue weighted by atomic mass is 10.1. The number of hydrogen-bond donors (Lipinski definition) is 2. The van der Waals surface area contributed by atoms with Crippen molar-refractivity contribution < 1.29 is 4.79 Å². The standard InChI is InChI=1S/C18H23N3O/c1-14(2)21-17-13-16(10-12-19-17)18(22)20-11-6-9-15-7-4-3-5-8-15/h3-5,7-8,10,12-14H,6,9,11H2,1-2H3,(H,19,21)(H,20,22). The first kappa shape index (κ1) is 16.0. The maximum Gasteiger partial charge on any atom is 0.251 e. The predicted octanol–water partition coefficient (Wildman–Crippen LogP) is 3.26. The second-order valence-corrected chi connectivity index (χ2v) is 5.57. The Labute approximate surface area is 132 Å². The molecule has 4 heteroatoms. The number of nitrogens with one attached hydrogen (secondary N) is 2. The lowest BCUT2D eigenvalue weighted by Crippen LogP contribution is -2.25. The van der Waals surface area contributed by atoms with Crippen LogP contribution in [-0.2, 0) is 6.42 Å². The van der Waals surface area contributed by atoms with Crippen LogP contribution in [0, 0.1) is 0 Å². The van der Waals surface area contributed by atoms with Crippen molar-refractivity contribution in [3.8, 4) is 0 Å². The molecule has 2 rings (SSSR count). The molecule has 1 amide bonds. The molecule has 0 aliphatic heterocycles. The number of aromatic nitrogens is 1. The van der Waals surface area contributed by atoms with Crippen LogP contribution in [0.3, 0.4) is 0 Å². The molecule has 1 aromatic carbocycles. The Balaban J connectivity index is 1.79. The van der Waals surface area contributed by atoms with Crippen LogP contribution in [0.4, 0.5) is 5.82 Å². The van der Waals surface area contributed by atoms with Crippen molar-refractivity contribution in [1.82, 2.24) is 10.3 Å². The highest BCUT2D eigenvalue weighted by Gasteiger charge is 2.06. The van der Waals surface area contributed by atoms with E-state index in [0.29, 0.717) is 12.1 Å². The zero-order chi connectivity index (χ0) is 15.8. The van der Waals surface area contributed by atoms with Gasteiger partial charge in [-0.1, -0.05) is 30.3 Å². The summed E-state index contributed by atoms with van der Waals surface area (Å²) < 4.78 is 0. The molecule has 1 heterocycles. The number of pyridine rings is 1. The number of carbonyl (C=O) groups is 1. The molecule has 22 heavy (non-hydrogen) atoms. The van der Waals surface area contributed by atoms with Gasteiger partial charge in [-0.2, -0.15) is 0 Å². The summed E-state index contributed by atoms with van der Waals surface area (Å²) in [6, 6.07) is 14.1. The van der Waals surface area contributed by atoms with Gasteiger partial charge in [0.05, 0.1) is 0 Å². The lowest BCUT2D eigenvalue weighted by molar-refractivity contribution is 0.0953. The molecule has 0 bridgehead atoms. The molecule has 116 valence electrons. The van der Waals surface area contributed by atoms with E-state index in [0.717, 1.165) is 18.7 Å². The van der Waals surface area contributed by atoms with Crippen molar-refractivity contribution in [2.24, 2.45) is 0 Å². The van der Waals surface area contributed by atoms with E-state index in [1.165, 1.54) is 5.56 Å². The molecule has 0 unspecified atom stereocenters. The van der Waals surface area contributed by atoms with Gasteiger partial charge in [0.15, 0.2) is 0 Å². The number of amides is 1. The van der Waals surface area contributed by atoms with Gasteiger partial charge in [-0.25, -0.2) is 4.98 Å². The second-order valence-electron chi connectivity index (χ2n) is 5.57. The Morgan fingerprint density at radius 1 is 1.18 bits per heavy atom. The van der Waals surface area contributed by atoms with E-state index < -0.39 is 0 Å². The summed E-state index contributed by atoms with van der Waals surface area (Å²) in [5, 5.41) is 6.15. The Kier molecular flexibility index (Phi) is 5.95. The SMILES string of the molecule is CC(C)Nc1cc(C(=O)NCCCc2ccccc2)ccn1. The van der Waals surface area contributed by atoms with Crippen LogP contribution in [0.1, 0.15) is 36.2 Å². The van der Waals surface area contributed by atoms with Crippen molar-refractivity contribution in [1.29, 1.82) is 0 Å². The Bertz CT molecular complexity index is 596. The normalized spacial score (nSPS) is 10.5. The van der Waals surface area contributed by atoms with Crippen molar-refractivity contribution in [2.75, 3.05) is 11.9 Å². The number of anilines is 1. The van der Waals surface area contributed by atoms with E-state index >= 15 is 0 Å². The first-order valence-electron chi connectivity index (χ1n) is 7.70. The van der Waals surface area contributed by atoms with Crippen LogP contribution in [0.5, 0.6) is 0 Å². The third kappa shape index (κ3) is 5.20. The summed E-state index contributed by atoms with van der Waals surface area (Å²) in [6.07, 6.45) is 3.55. The van der Waals surface area contributed by atoms with E-state index in [4.69, 9.17) is 0 Å². The van der Waals surface area contributed by atoms with E-state index in [2.05, 4.69) is 27.8 Å². The molecular formula is C18H23N3O. The van der Waals surface area contributed by atoms with Gasteiger partial charge in [-0.3, -0.25) is 4.79 Å². The molecule has 2 aromatic rings. The maximum absolute atomic E-state index is 12.1. The fraction of sp³-hybridized carbons (Fsp3) is 0.333. The van der Waals surface area contributed by atoms with Crippen LogP contribution < -0.4 is 10.6 Å². The maximum atomic E-state index is 12.1. The van der Waals surface area contributed by atoms with Crippen molar-refractivity contribution in [3.63, 3.8) is 0 Å². The quantitative estimate of drug-likeness (QED) is 0.771. The summed E-state index contributed by atoms with van der Waals surface area (Å²) >= 11 is 0.